The topological polar surface area (TPSA) is 52.6 Å². The number of carbonyl (C=O) groups is 1. The van der Waals surface area contributed by atoms with E-state index in [0.717, 1.165) is 5.56 Å². The van der Waals surface area contributed by atoms with Crippen molar-refractivity contribution in [3.05, 3.63) is 35.6 Å². The van der Waals surface area contributed by atoms with Crippen molar-refractivity contribution >= 4 is 17.7 Å². The number of hydrogen-bond donors (Lipinski definition) is 2. The number of benzene rings is 1. The van der Waals surface area contributed by atoms with Crippen LogP contribution in [-0.4, -0.2) is 41.1 Å². The Morgan fingerprint density at radius 2 is 2.21 bits per heavy atom. The van der Waals surface area contributed by atoms with Gasteiger partial charge in [0.15, 0.2) is 0 Å². The van der Waals surface area contributed by atoms with Gasteiger partial charge in [0.05, 0.1) is 6.10 Å². The molecule has 2 rings (SSSR count). The molecule has 1 fully saturated rings. The summed E-state index contributed by atoms with van der Waals surface area (Å²) in [4.78, 5) is 16.2. The number of amides is 1. The quantitative estimate of drug-likeness (QED) is 0.814. The Kier molecular flexibility index (Phi) is 4.74. The highest BCUT2D eigenvalue weighted by Gasteiger charge is 2.29. The number of β-amino-alcohol motifs (C(OH)–C–C–N with tert-alkyl or cyclic N) is 1. The number of likely N-dealkylation sites (tertiary alicyclic amines) is 1. The third kappa shape index (κ3) is 3.65. The molecule has 2 atom stereocenters. The largest absolute Gasteiger partial charge is 0.391 e. The Labute approximate surface area is 116 Å². The minimum Gasteiger partial charge on any atom is -0.391 e. The average molecular weight is 287 g/mol. The second-order valence-electron chi connectivity index (χ2n) is 4.72. The smallest absolute Gasteiger partial charge is 0.241 e. The zero-order chi connectivity index (χ0) is 13.8. The van der Waals surface area contributed by atoms with Crippen molar-refractivity contribution in [3.8, 4) is 0 Å². The molecule has 0 radical (unpaired) electrons. The van der Waals surface area contributed by atoms with E-state index in [1.54, 1.807) is 17.0 Å². The van der Waals surface area contributed by atoms with Crippen LogP contribution in [0.25, 0.3) is 0 Å². The molecule has 0 bridgehead atoms. The summed E-state index contributed by atoms with van der Waals surface area (Å²) in [6.45, 7) is 0.885. The summed E-state index contributed by atoms with van der Waals surface area (Å²) in [7, 11) is 0. The standard InChI is InChI=1S/C13H16ClFN2O2/c14-16-12(7-9-1-3-10(15)4-2-9)13(19)17-6-5-11(18)8-17/h1-4,11-12,16,18H,5-8H2/t11-,12-/m0/s1. The summed E-state index contributed by atoms with van der Waals surface area (Å²) >= 11 is 5.62. The first kappa shape index (κ1) is 14.2. The molecule has 2 N–H and O–H groups in total. The summed E-state index contributed by atoms with van der Waals surface area (Å²) < 4.78 is 12.8. The third-order valence-electron chi connectivity index (χ3n) is 3.26. The fraction of sp³-hybridized carbons (Fsp3) is 0.462. The van der Waals surface area contributed by atoms with Crippen LogP contribution in [0.5, 0.6) is 0 Å². The van der Waals surface area contributed by atoms with Crippen molar-refractivity contribution in [1.82, 2.24) is 9.74 Å². The molecule has 104 valence electrons. The number of aliphatic hydroxyl groups excluding tert-OH is 1. The van der Waals surface area contributed by atoms with Gasteiger partial charge >= 0.3 is 0 Å². The van der Waals surface area contributed by atoms with Crippen LogP contribution < -0.4 is 4.84 Å². The van der Waals surface area contributed by atoms with Gasteiger partial charge in [0.25, 0.3) is 0 Å². The van der Waals surface area contributed by atoms with Crippen LogP contribution >= 0.6 is 11.8 Å². The number of aliphatic hydroxyl groups is 1. The monoisotopic (exact) mass is 286 g/mol. The highest BCUT2D eigenvalue weighted by atomic mass is 35.5. The van der Waals surface area contributed by atoms with Gasteiger partial charge in [0.2, 0.25) is 5.91 Å². The second-order valence-corrected chi connectivity index (χ2v) is 4.94. The molecule has 0 saturated carbocycles. The Bertz CT molecular complexity index is 441. The summed E-state index contributed by atoms with van der Waals surface area (Å²) in [5.74, 6) is -0.455. The van der Waals surface area contributed by atoms with Crippen LogP contribution in [0, 0.1) is 5.82 Å². The van der Waals surface area contributed by atoms with Crippen molar-refractivity contribution in [2.75, 3.05) is 13.1 Å². The van der Waals surface area contributed by atoms with Crippen molar-refractivity contribution in [2.24, 2.45) is 0 Å². The average Bonchev–Trinajstić information content (AvgIpc) is 2.84. The van der Waals surface area contributed by atoms with E-state index in [2.05, 4.69) is 4.84 Å². The molecule has 1 saturated heterocycles. The van der Waals surface area contributed by atoms with Gasteiger partial charge in [-0.25, -0.2) is 9.23 Å². The van der Waals surface area contributed by atoms with E-state index in [1.165, 1.54) is 12.1 Å². The summed E-state index contributed by atoms with van der Waals surface area (Å²) in [5, 5.41) is 9.43. The summed E-state index contributed by atoms with van der Waals surface area (Å²) in [6, 6.07) is 5.39. The van der Waals surface area contributed by atoms with Gasteiger partial charge in [-0.3, -0.25) is 4.79 Å². The lowest BCUT2D eigenvalue weighted by Crippen LogP contribution is -2.44. The maximum atomic E-state index is 12.8. The first-order valence-corrected chi connectivity index (χ1v) is 6.55. The van der Waals surface area contributed by atoms with Gasteiger partial charge in [-0.05, 0) is 42.3 Å². The molecule has 1 heterocycles. The number of hydrogen-bond acceptors (Lipinski definition) is 3. The zero-order valence-corrected chi connectivity index (χ0v) is 11.1. The highest BCUT2D eigenvalue weighted by molar-refractivity contribution is 6.15. The van der Waals surface area contributed by atoms with Crippen LogP contribution in [0.1, 0.15) is 12.0 Å². The number of nitrogens with zero attached hydrogens (tertiary/aromatic N) is 1. The highest BCUT2D eigenvalue weighted by Crippen LogP contribution is 2.13. The van der Waals surface area contributed by atoms with E-state index in [1.807, 2.05) is 0 Å². The summed E-state index contributed by atoms with van der Waals surface area (Å²) in [5.41, 5.74) is 0.827. The van der Waals surface area contributed by atoms with Gasteiger partial charge in [0, 0.05) is 13.1 Å². The molecule has 0 spiro atoms. The van der Waals surface area contributed by atoms with Crippen LogP contribution in [0.15, 0.2) is 24.3 Å². The molecule has 1 aromatic carbocycles. The SMILES string of the molecule is O=C([C@H](Cc1ccc(F)cc1)NCl)N1CC[C@H](O)C1. The van der Waals surface area contributed by atoms with E-state index in [9.17, 15) is 14.3 Å². The van der Waals surface area contributed by atoms with E-state index in [-0.39, 0.29) is 11.7 Å². The van der Waals surface area contributed by atoms with E-state index < -0.39 is 12.1 Å². The van der Waals surface area contributed by atoms with Gasteiger partial charge in [0.1, 0.15) is 11.9 Å². The lowest BCUT2D eigenvalue weighted by Gasteiger charge is -2.22. The van der Waals surface area contributed by atoms with E-state index in [0.29, 0.717) is 25.9 Å². The molecule has 1 aliphatic rings. The molecule has 4 nitrogen and oxygen atoms in total. The predicted molar refractivity (Wildman–Crippen MR) is 70.1 cm³/mol. The lowest BCUT2D eigenvalue weighted by atomic mass is 10.1. The molecule has 0 aromatic heterocycles. The molecule has 1 aliphatic heterocycles. The second kappa shape index (κ2) is 6.32. The molecule has 1 amide bonds. The number of halogens is 2. The molecule has 1 aromatic rings. The first-order valence-electron chi connectivity index (χ1n) is 6.17. The van der Waals surface area contributed by atoms with Gasteiger partial charge < -0.3 is 10.0 Å². The maximum absolute atomic E-state index is 12.8. The van der Waals surface area contributed by atoms with E-state index in [4.69, 9.17) is 11.8 Å². The van der Waals surface area contributed by atoms with Gasteiger partial charge in [-0.1, -0.05) is 12.1 Å². The molecular formula is C13H16ClFN2O2. The predicted octanol–water partition coefficient (Wildman–Crippen LogP) is 1.07. The molecule has 0 aliphatic carbocycles. The minimum absolute atomic E-state index is 0.143. The van der Waals surface area contributed by atoms with Crippen LogP contribution in [0.2, 0.25) is 0 Å². The third-order valence-corrected chi connectivity index (χ3v) is 3.52. The Balaban J connectivity index is 1.99. The molecule has 6 heteroatoms. The Morgan fingerprint density at radius 1 is 1.53 bits per heavy atom. The van der Waals surface area contributed by atoms with Crippen LogP contribution in [-0.2, 0) is 11.2 Å². The Morgan fingerprint density at radius 3 is 2.74 bits per heavy atom. The molecular weight excluding hydrogens is 271 g/mol. The van der Waals surface area contributed by atoms with Crippen LogP contribution in [0.3, 0.4) is 0 Å². The van der Waals surface area contributed by atoms with Gasteiger partial charge in [-0.2, -0.15) is 0 Å². The van der Waals surface area contributed by atoms with Gasteiger partial charge in [-0.15, -0.1) is 0 Å². The maximum Gasteiger partial charge on any atom is 0.241 e. The normalized spacial score (nSPS) is 20.6. The fourth-order valence-corrected chi connectivity index (χ4v) is 2.36. The number of nitrogens with one attached hydrogen (secondary N) is 1. The van der Waals surface area contributed by atoms with Crippen molar-refractivity contribution < 1.29 is 14.3 Å². The van der Waals surface area contributed by atoms with E-state index >= 15 is 0 Å². The number of rotatable bonds is 4. The summed E-state index contributed by atoms with van der Waals surface area (Å²) in [6.07, 6.45) is 0.526. The van der Waals surface area contributed by atoms with Crippen molar-refractivity contribution in [2.45, 2.75) is 25.0 Å². The molecule has 0 unspecified atom stereocenters. The molecule has 19 heavy (non-hydrogen) atoms. The van der Waals surface area contributed by atoms with Crippen molar-refractivity contribution in [3.63, 3.8) is 0 Å². The fourth-order valence-electron chi connectivity index (χ4n) is 2.19. The lowest BCUT2D eigenvalue weighted by molar-refractivity contribution is -0.132. The number of carbonyl (C=O) groups excluding carboxylic acids is 1. The van der Waals surface area contributed by atoms with Crippen molar-refractivity contribution in [1.29, 1.82) is 0 Å². The minimum atomic E-state index is -0.572. The van der Waals surface area contributed by atoms with Crippen LogP contribution in [0.4, 0.5) is 4.39 Å². The zero-order valence-electron chi connectivity index (χ0n) is 10.4. The Hall–Kier alpha value is -1.17. The first-order chi connectivity index (χ1) is 9.10.